The van der Waals surface area contributed by atoms with E-state index in [1.165, 1.54) is 0 Å². The molecule has 0 amide bonds. The summed E-state index contributed by atoms with van der Waals surface area (Å²) < 4.78 is 34.7. The lowest BCUT2D eigenvalue weighted by Crippen LogP contribution is -2.45. The summed E-state index contributed by atoms with van der Waals surface area (Å²) in [6.45, 7) is 16.6. The Labute approximate surface area is 177 Å². The average Bonchev–Trinajstić information content (AvgIpc) is 2.53. The van der Waals surface area contributed by atoms with Gasteiger partial charge in [-0.2, -0.15) is 0 Å². The van der Waals surface area contributed by atoms with Crippen LogP contribution in [-0.2, 0) is 32.4 Å². The standard InChI is InChI=1S/C20H41O7PSi/c1-9-12-13-24-19(22)15-18(27-29(7,8)20(4,5)6)14-17(21)16-28(23,25-10-2)26-11-3/h18H,9-16H2,1-8H3/t18-/m1/s1. The molecule has 172 valence electrons. The maximum absolute atomic E-state index is 12.7. The predicted molar refractivity (Wildman–Crippen MR) is 118 cm³/mol. The van der Waals surface area contributed by atoms with E-state index in [1.54, 1.807) is 13.8 Å². The minimum Gasteiger partial charge on any atom is -0.466 e. The van der Waals surface area contributed by atoms with Crippen LogP contribution in [0.25, 0.3) is 0 Å². The Morgan fingerprint density at radius 1 is 1.00 bits per heavy atom. The van der Waals surface area contributed by atoms with Crippen LogP contribution in [0.2, 0.25) is 18.1 Å². The molecule has 0 rings (SSSR count). The second-order valence-corrected chi connectivity index (χ2v) is 15.4. The van der Waals surface area contributed by atoms with Crippen LogP contribution < -0.4 is 0 Å². The zero-order chi connectivity index (χ0) is 22.7. The summed E-state index contributed by atoms with van der Waals surface area (Å²) in [5, 5.41) is -0.0770. The van der Waals surface area contributed by atoms with Crippen molar-refractivity contribution in [2.75, 3.05) is 26.0 Å². The van der Waals surface area contributed by atoms with Gasteiger partial charge in [0, 0.05) is 6.42 Å². The van der Waals surface area contributed by atoms with Gasteiger partial charge in [0.1, 0.15) is 11.9 Å². The summed E-state index contributed by atoms with van der Waals surface area (Å²) in [5.41, 5.74) is 0. The number of carbonyl (C=O) groups excluding carboxylic acids is 2. The van der Waals surface area contributed by atoms with Gasteiger partial charge in [-0.05, 0) is 38.4 Å². The molecular formula is C20H41O7PSi. The van der Waals surface area contributed by atoms with E-state index in [2.05, 4.69) is 33.9 Å². The summed E-state index contributed by atoms with van der Waals surface area (Å²) in [6, 6.07) is 0. The normalized spacial score (nSPS) is 13.9. The maximum atomic E-state index is 12.7. The molecule has 0 saturated carbocycles. The van der Waals surface area contributed by atoms with E-state index >= 15 is 0 Å². The Balaban J connectivity index is 5.24. The molecule has 0 aliphatic carbocycles. The lowest BCUT2D eigenvalue weighted by atomic mass is 10.1. The van der Waals surface area contributed by atoms with Gasteiger partial charge in [0.15, 0.2) is 8.32 Å². The largest absolute Gasteiger partial charge is 0.466 e. The summed E-state index contributed by atoms with van der Waals surface area (Å²) in [4.78, 5) is 24.9. The minimum absolute atomic E-state index is 0.00443. The van der Waals surface area contributed by atoms with Crippen molar-refractivity contribution in [2.45, 2.75) is 91.5 Å². The molecule has 0 aromatic rings. The van der Waals surface area contributed by atoms with E-state index in [0.717, 1.165) is 12.8 Å². The molecule has 0 bridgehead atoms. The van der Waals surface area contributed by atoms with E-state index in [9.17, 15) is 14.2 Å². The molecule has 7 nitrogen and oxygen atoms in total. The van der Waals surface area contributed by atoms with Crippen molar-refractivity contribution in [1.29, 1.82) is 0 Å². The fraction of sp³-hybridized carbons (Fsp3) is 0.900. The Hall–Kier alpha value is -0.533. The van der Waals surface area contributed by atoms with Crippen LogP contribution in [0.1, 0.15) is 67.2 Å². The molecule has 0 radical (unpaired) electrons. The van der Waals surface area contributed by atoms with Crippen molar-refractivity contribution in [3.63, 3.8) is 0 Å². The van der Waals surface area contributed by atoms with Crippen molar-refractivity contribution >= 4 is 27.7 Å². The SMILES string of the molecule is CCCCOC(=O)C[C@@H](CC(=O)CP(=O)(OCC)OCC)O[Si](C)(C)C(C)(C)C. The first-order valence-corrected chi connectivity index (χ1v) is 15.2. The summed E-state index contributed by atoms with van der Waals surface area (Å²) in [6.07, 6.45) is 0.755. The fourth-order valence-electron chi connectivity index (χ4n) is 2.38. The lowest BCUT2D eigenvalue weighted by Gasteiger charge is -2.39. The van der Waals surface area contributed by atoms with Gasteiger partial charge in [0.05, 0.1) is 32.3 Å². The van der Waals surface area contributed by atoms with Crippen LogP contribution in [0.4, 0.5) is 0 Å². The van der Waals surface area contributed by atoms with Gasteiger partial charge in [-0.1, -0.05) is 34.1 Å². The van der Waals surface area contributed by atoms with Crippen LogP contribution in [0.3, 0.4) is 0 Å². The van der Waals surface area contributed by atoms with Crippen LogP contribution in [-0.4, -0.2) is 52.2 Å². The maximum Gasteiger partial charge on any atom is 0.338 e. The van der Waals surface area contributed by atoms with Gasteiger partial charge in [0.2, 0.25) is 0 Å². The molecule has 0 aromatic heterocycles. The van der Waals surface area contributed by atoms with Gasteiger partial charge in [-0.3, -0.25) is 14.2 Å². The molecule has 0 aromatic carbocycles. The molecule has 0 aliphatic heterocycles. The molecule has 29 heavy (non-hydrogen) atoms. The van der Waals surface area contributed by atoms with E-state index < -0.39 is 22.0 Å². The minimum atomic E-state index is -3.48. The quantitative estimate of drug-likeness (QED) is 0.143. The topological polar surface area (TPSA) is 88.1 Å². The zero-order valence-corrected chi connectivity index (χ0v) is 21.4. The lowest BCUT2D eigenvalue weighted by molar-refractivity contribution is -0.145. The van der Waals surface area contributed by atoms with Crippen LogP contribution in [0.5, 0.6) is 0 Å². The summed E-state index contributed by atoms with van der Waals surface area (Å²) in [7, 11) is -5.70. The van der Waals surface area contributed by atoms with Crippen molar-refractivity contribution in [3.8, 4) is 0 Å². The smallest absolute Gasteiger partial charge is 0.338 e. The van der Waals surface area contributed by atoms with Crippen LogP contribution in [0, 0.1) is 0 Å². The number of Topliss-reactive ketones (excluding diaryl/α,β-unsaturated/α-hetero) is 1. The van der Waals surface area contributed by atoms with Crippen molar-refractivity contribution < 1.29 is 32.4 Å². The Bertz CT molecular complexity index is 548. The highest BCUT2D eigenvalue weighted by Gasteiger charge is 2.40. The molecule has 1 atom stereocenters. The Morgan fingerprint density at radius 2 is 1.55 bits per heavy atom. The number of unbranched alkanes of at least 4 members (excludes halogenated alkanes) is 1. The zero-order valence-electron chi connectivity index (χ0n) is 19.5. The highest BCUT2D eigenvalue weighted by atomic mass is 31.2. The fourth-order valence-corrected chi connectivity index (χ4v) is 5.34. The van der Waals surface area contributed by atoms with Gasteiger partial charge in [-0.25, -0.2) is 0 Å². The molecule has 0 saturated heterocycles. The number of ketones is 1. The first kappa shape index (κ1) is 28.5. The monoisotopic (exact) mass is 452 g/mol. The Kier molecular flexibility index (Phi) is 12.8. The van der Waals surface area contributed by atoms with E-state index in [-0.39, 0.29) is 49.0 Å². The average molecular weight is 453 g/mol. The highest BCUT2D eigenvalue weighted by Crippen LogP contribution is 2.48. The summed E-state index contributed by atoms with van der Waals surface area (Å²) in [5.74, 6) is -0.687. The molecule has 0 spiro atoms. The third kappa shape index (κ3) is 11.4. The number of carbonyl (C=O) groups is 2. The van der Waals surface area contributed by atoms with Crippen molar-refractivity contribution in [2.24, 2.45) is 0 Å². The third-order valence-corrected chi connectivity index (χ3v) is 11.5. The molecule has 0 aliphatic rings. The second kappa shape index (κ2) is 13.0. The number of ether oxygens (including phenoxy) is 1. The van der Waals surface area contributed by atoms with Gasteiger partial charge >= 0.3 is 13.6 Å². The van der Waals surface area contributed by atoms with E-state index in [1.807, 2.05) is 6.92 Å². The molecule has 9 heteroatoms. The third-order valence-electron chi connectivity index (χ3n) is 4.90. The molecule has 0 N–H and O–H groups in total. The number of rotatable bonds is 15. The van der Waals surface area contributed by atoms with Gasteiger partial charge < -0.3 is 18.2 Å². The number of esters is 1. The Morgan fingerprint density at radius 3 is 2.00 bits per heavy atom. The van der Waals surface area contributed by atoms with Crippen LogP contribution in [0.15, 0.2) is 0 Å². The second-order valence-electron chi connectivity index (χ2n) is 8.63. The highest BCUT2D eigenvalue weighted by molar-refractivity contribution is 7.54. The van der Waals surface area contributed by atoms with Crippen molar-refractivity contribution in [3.05, 3.63) is 0 Å². The molecular weight excluding hydrogens is 411 g/mol. The first-order valence-electron chi connectivity index (χ1n) is 10.5. The van der Waals surface area contributed by atoms with E-state index in [0.29, 0.717) is 6.61 Å². The van der Waals surface area contributed by atoms with Gasteiger partial charge in [-0.15, -0.1) is 0 Å². The number of hydrogen-bond donors (Lipinski definition) is 0. The predicted octanol–water partition coefficient (Wildman–Crippen LogP) is 5.34. The van der Waals surface area contributed by atoms with Gasteiger partial charge in [0.25, 0.3) is 0 Å². The van der Waals surface area contributed by atoms with Crippen molar-refractivity contribution in [1.82, 2.24) is 0 Å². The first-order chi connectivity index (χ1) is 13.3. The summed E-state index contributed by atoms with van der Waals surface area (Å²) >= 11 is 0. The van der Waals surface area contributed by atoms with E-state index in [4.69, 9.17) is 18.2 Å². The molecule has 0 fully saturated rings. The molecule has 0 heterocycles. The van der Waals surface area contributed by atoms with Crippen LogP contribution >= 0.6 is 7.60 Å². The number of hydrogen-bond acceptors (Lipinski definition) is 7. The molecule has 0 unspecified atom stereocenters.